The van der Waals surface area contributed by atoms with Gasteiger partial charge in [0.05, 0.1) is 4.91 Å². The normalized spacial score (nSPS) is 12.1. The zero-order valence-corrected chi connectivity index (χ0v) is 10.2. The fourth-order valence-corrected chi connectivity index (χ4v) is 1.88. The van der Waals surface area contributed by atoms with E-state index in [0.717, 1.165) is 5.56 Å². The van der Waals surface area contributed by atoms with Crippen molar-refractivity contribution in [2.75, 3.05) is 6.26 Å². The summed E-state index contributed by atoms with van der Waals surface area (Å²) in [5.41, 5.74) is 6.33. The molecular weight excluding hydrogens is 248 g/mol. The van der Waals surface area contributed by atoms with Crippen LogP contribution in [0.5, 0.6) is 0 Å². The molecule has 0 amide bonds. The first-order chi connectivity index (χ1) is 7.54. The van der Waals surface area contributed by atoms with Gasteiger partial charge < -0.3 is 10.1 Å². The molecule has 0 fully saturated rings. The van der Waals surface area contributed by atoms with E-state index in [4.69, 9.17) is 17.3 Å². The van der Waals surface area contributed by atoms with Crippen LogP contribution in [0.3, 0.4) is 0 Å². The second-order valence-electron chi connectivity index (χ2n) is 3.07. The quantitative estimate of drug-likeness (QED) is 0.666. The lowest BCUT2D eigenvalue weighted by atomic mass is 10.1. The predicted octanol–water partition coefficient (Wildman–Crippen LogP) is 2.65. The van der Waals surface area contributed by atoms with Gasteiger partial charge in [-0.25, -0.2) is 0 Å². The van der Waals surface area contributed by atoms with Gasteiger partial charge in [0.1, 0.15) is 0 Å². The first-order valence-corrected chi connectivity index (χ1v) is 6.06. The second-order valence-corrected chi connectivity index (χ2v) is 4.41. The number of rotatable bonds is 4. The Labute approximate surface area is 103 Å². The van der Waals surface area contributed by atoms with Crippen LogP contribution in [0, 0.1) is 10.1 Å². The largest absolute Gasteiger partial charge is 0.358 e. The fourth-order valence-electron chi connectivity index (χ4n) is 1.16. The fraction of sp³-hybridized carbons (Fsp3) is 0.200. The highest BCUT2D eigenvalue weighted by atomic mass is 35.5. The lowest BCUT2D eigenvalue weighted by molar-refractivity contribution is -0.427. The van der Waals surface area contributed by atoms with Crippen molar-refractivity contribution < 1.29 is 4.92 Å². The molecular formula is C10H11ClN2O2S. The molecule has 0 aliphatic rings. The molecule has 0 radical (unpaired) electrons. The summed E-state index contributed by atoms with van der Waals surface area (Å²) in [5, 5.41) is 11.2. The Morgan fingerprint density at radius 1 is 1.50 bits per heavy atom. The zero-order chi connectivity index (χ0) is 12.1. The zero-order valence-electron chi connectivity index (χ0n) is 8.64. The molecule has 0 unspecified atom stereocenters. The Hall–Kier alpha value is -1.20. The maximum absolute atomic E-state index is 10.5. The summed E-state index contributed by atoms with van der Waals surface area (Å²) < 4.78 is 0. The topological polar surface area (TPSA) is 69.2 Å². The smallest absolute Gasteiger partial charge is 0.323 e. The number of hydrogen-bond acceptors (Lipinski definition) is 4. The molecule has 0 bridgehead atoms. The van der Waals surface area contributed by atoms with Crippen LogP contribution in [-0.4, -0.2) is 11.2 Å². The van der Waals surface area contributed by atoms with E-state index < -0.39 is 4.92 Å². The monoisotopic (exact) mass is 258 g/mol. The molecule has 0 saturated heterocycles. The third kappa shape index (κ3) is 3.43. The van der Waals surface area contributed by atoms with Gasteiger partial charge in [-0.2, -0.15) is 0 Å². The van der Waals surface area contributed by atoms with Crippen molar-refractivity contribution in [2.24, 2.45) is 5.73 Å². The van der Waals surface area contributed by atoms with Gasteiger partial charge in [0, 0.05) is 11.4 Å². The molecule has 0 heterocycles. The first kappa shape index (κ1) is 12.9. The Morgan fingerprint density at radius 2 is 2.06 bits per heavy atom. The maximum atomic E-state index is 10.5. The van der Waals surface area contributed by atoms with E-state index in [2.05, 4.69) is 0 Å². The van der Waals surface area contributed by atoms with Crippen molar-refractivity contribution in [3.05, 3.63) is 55.7 Å². The molecule has 1 aromatic carbocycles. The van der Waals surface area contributed by atoms with Crippen LogP contribution in [0.25, 0.3) is 0 Å². The third-order valence-corrected chi connectivity index (χ3v) is 3.10. The van der Waals surface area contributed by atoms with Gasteiger partial charge >= 0.3 is 5.82 Å². The maximum Gasteiger partial charge on any atom is 0.323 e. The number of nitrogens with zero attached hydrogens (tertiary/aromatic N) is 1. The molecule has 1 rings (SSSR count). The van der Waals surface area contributed by atoms with Gasteiger partial charge in [-0.3, -0.25) is 5.73 Å². The minimum Gasteiger partial charge on any atom is -0.358 e. The summed E-state index contributed by atoms with van der Waals surface area (Å²) in [6, 6.07) is 7.14. The van der Waals surface area contributed by atoms with Crippen LogP contribution in [0.15, 0.2) is 35.0 Å². The molecule has 0 spiro atoms. The second kappa shape index (κ2) is 5.77. The summed E-state index contributed by atoms with van der Waals surface area (Å²) in [7, 11) is 0. The standard InChI is InChI=1S/C10H11ClN2O2S/c1-16-9(10(12)13(14)15)6-7-2-4-8(11)5-3-7/h2-5H,6,12H2,1H3. The highest BCUT2D eigenvalue weighted by Gasteiger charge is 2.11. The molecule has 0 saturated carbocycles. The lowest BCUT2D eigenvalue weighted by Crippen LogP contribution is -2.12. The van der Waals surface area contributed by atoms with Crippen molar-refractivity contribution in [1.29, 1.82) is 0 Å². The summed E-state index contributed by atoms with van der Waals surface area (Å²) in [6.45, 7) is 0. The molecule has 86 valence electrons. The van der Waals surface area contributed by atoms with Gasteiger partial charge in [-0.15, -0.1) is 11.8 Å². The van der Waals surface area contributed by atoms with E-state index >= 15 is 0 Å². The Kier molecular flexibility index (Phi) is 4.64. The Bertz CT molecular complexity index is 417. The average molecular weight is 259 g/mol. The number of hydrogen-bond donors (Lipinski definition) is 1. The Balaban J connectivity index is 2.90. The minimum atomic E-state index is -0.568. The third-order valence-electron chi connectivity index (χ3n) is 2.01. The molecule has 4 nitrogen and oxygen atoms in total. The van der Waals surface area contributed by atoms with Crippen LogP contribution < -0.4 is 5.73 Å². The predicted molar refractivity (Wildman–Crippen MR) is 66.9 cm³/mol. The molecule has 6 heteroatoms. The van der Waals surface area contributed by atoms with E-state index in [-0.39, 0.29) is 5.82 Å². The molecule has 0 atom stereocenters. The van der Waals surface area contributed by atoms with Crippen molar-refractivity contribution in [3.63, 3.8) is 0 Å². The van der Waals surface area contributed by atoms with E-state index in [1.54, 1.807) is 18.4 Å². The summed E-state index contributed by atoms with van der Waals surface area (Å²) >= 11 is 7.03. The molecule has 2 N–H and O–H groups in total. The average Bonchev–Trinajstić information content (AvgIpc) is 2.27. The van der Waals surface area contributed by atoms with Crippen LogP contribution in [0.2, 0.25) is 5.02 Å². The molecule has 1 aromatic rings. The number of nitrogens with two attached hydrogens (primary N) is 1. The number of benzene rings is 1. The van der Waals surface area contributed by atoms with E-state index in [1.165, 1.54) is 11.8 Å². The molecule has 16 heavy (non-hydrogen) atoms. The molecule has 0 aliphatic heterocycles. The molecule has 0 aromatic heterocycles. The van der Waals surface area contributed by atoms with Gasteiger partial charge in [0.25, 0.3) is 0 Å². The van der Waals surface area contributed by atoms with Crippen molar-refractivity contribution in [1.82, 2.24) is 0 Å². The van der Waals surface area contributed by atoms with E-state index in [0.29, 0.717) is 16.3 Å². The van der Waals surface area contributed by atoms with E-state index in [1.807, 2.05) is 12.1 Å². The van der Waals surface area contributed by atoms with Crippen molar-refractivity contribution >= 4 is 23.4 Å². The SMILES string of the molecule is CSC(Cc1ccc(Cl)cc1)=C(N)[N+](=O)[O-]. The van der Waals surface area contributed by atoms with Crippen LogP contribution in [-0.2, 0) is 6.42 Å². The van der Waals surface area contributed by atoms with Crippen LogP contribution in [0.4, 0.5) is 0 Å². The molecule has 0 aliphatic carbocycles. The summed E-state index contributed by atoms with van der Waals surface area (Å²) in [4.78, 5) is 10.5. The first-order valence-electron chi connectivity index (χ1n) is 4.46. The number of thioether (sulfide) groups is 1. The van der Waals surface area contributed by atoms with Crippen molar-refractivity contribution in [3.8, 4) is 0 Å². The number of nitro groups is 1. The van der Waals surface area contributed by atoms with Gasteiger partial charge in [0.15, 0.2) is 0 Å². The lowest BCUT2D eigenvalue weighted by Gasteiger charge is -2.05. The van der Waals surface area contributed by atoms with Gasteiger partial charge in [0.2, 0.25) is 0 Å². The summed E-state index contributed by atoms with van der Waals surface area (Å²) in [5.74, 6) is -0.289. The van der Waals surface area contributed by atoms with Crippen LogP contribution in [0.1, 0.15) is 5.56 Å². The van der Waals surface area contributed by atoms with Gasteiger partial charge in [-0.1, -0.05) is 23.7 Å². The Morgan fingerprint density at radius 3 is 2.50 bits per heavy atom. The van der Waals surface area contributed by atoms with Crippen molar-refractivity contribution in [2.45, 2.75) is 6.42 Å². The highest BCUT2D eigenvalue weighted by Crippen LogP contribution is 2.21. The number of halogens is 1. The van der Waals surface area contributed by atoms with Crippen LogP contribution >= 0.6 is 23.4 Å². The minimum absolute atomic E-state index is 0.289. The van der Waals surface area contributed by atoms with Gasteiger partial charge in [-0.05, 0) is 28.9 Å². The highest BCUT2D eigenvalue weighted by molar-refractivity contribution is 8.02. The summed E-state index contributed by atoms with van der Waals surface area (Å²) in [6.07, 6.45) is 2.22. The number of allylic oxidation sites excluding steroid dienone is 1. The van der Waals surface area contributed by atoms with E-state index in [9.17, 15) is 10.1 Å².